The Bertz CT molecular complexity index is 484. The number of aromatic nitrogens is 2. The second kappa shape index (κ2) is 6.06. The van der Waals surface area contributed by atoms with E-state index >= 15 is 0 Å². The highest BCUT2D eigenvalue weighted by molar-refractivity contribution is 5.48. The molecule has 0 N–H and O–H groups in total. The number of hydrogen-bond donors (Lipinski definition) is 0. The van der Waals surface area contributed by atoms with Gasteiger partial charge in [0.2, 0.25) is 5.88 Å². The first kappa shape index (κ1) is 12.5. The molecule has 2 aromatic rings. The molecule has 0 spiro atoms. The first-order valence-corrected chi connectivity index (χ1v) is 7.21. The molecule has 102 valence electrons. The molecule has 1 aliphatic heterocycles. The smallest absolute Gasteiger partial charge is 0.233 e. The molecule has 0 unspecified atom stereocenters. The predicted octanol–water partition coefficient (Wildman–Crippen LogP) is 2.59. The summed E-state index contributed by atoms with van der Waals surface area (Å²) in [6.45, 7) is 4.55. The summed E-state index contributed by atoms with van der Waals surface area (Å²) in [6, 6.07) is 8.00. The molecule has 0 atom stereocenters. The first-order valence-electron chi connectivity index (χ1n) is 7.21. The summed E-state index contributed by atoms with van der Waals surface area (Å²) in [6.07, 6.45) is 7.00. The van der Waals surface area contributed by atoms with Crippen LogP contribution in [0.2, 0.25) is 0 Å². The summed E-state index contributed by atoms with van der Waals surface area (Å²) < 4.78 is 7.55. The molecule has 0 bridgehead atoms. The average Bonchev–Trinajstić information content (AvgIpc) is 3.06. The zero-order chi connectivity index (χ0) is 12.9. The standard InChI is InChI=1S/C15H21N3O/c1-2-11-18-14(7-1)13-15(16-18)19-12-6-5-10-17-8-3-4-9-17/h1-2,7,11,13H,3-6,8-10,12H2. The second-order valence-electron chi connectivity index (χ2n) is 5.16. The van der Waals surface area contributed by atoms with Crippen molar-refractivity contribution in [3.8, 4) is 5.88 Å². The van der Waals surface area contributed by atoms with Crippen LogP contribution in [0.3, 0.4) is 0 Å². The van der Waals surface area contributed by atoms with Crippen LogP contribution in [0.25, 0.3) is 5.52 Å². The number of unbranched alkanes of at least 4 members (excludes halogenated alkanes) is 1. The minimum atomic E-state index is 0.729. The topological polar surface area (TPSA) is 29.8 Å². The molecule has 0 amide bonds. The Morgan fingerprint density at radius 2 is 2.05 bits per heavy atom. The highest BCUT2D eigenvalue weighted by Gasteiger charge is 2.10. The van der Waals surface area contributed by atoms with E-state index in [9.17, 15) is 0 Å². The Morgan fingerprint density at radius 1 is 1.16 bits per heavy atom. The van der Waals surface area contributed by atoms with Gasteiger partial charge in [0.25, 0.3) is 0 Å². The van der Waals surface area contributed by atoms with E-state index < -0.39 is 0 Å². The Hall–Kier alpha value is -1.55. The van der Waals surface area contributed by atoms with Crippen LogP contribution in [-0.2, 0) is 0 Å². The Labute approximate surface area is 114 Å². The third-order valence-corrected chi connectivity index (χ3v) is 3.66. The molecule has 4 heteroatoms. The van der Waals surface area contributed by atoms with Gasteiger partial charge in [-0.2, -0.15) is 0 Å². The van der Waals surface area contributed by atoms with E-state index in [1.165, 1.54) is 38.9 Å². The Kier molecular flexibility index (Phi) is 3.98. The second-order valence-corrected chi connectivity index (χ2v) is 5.16. The van der Waals surface area contributed by atoms with Crippen LogP contribution < -0.4 is 4.74 Å². The molecule has 1 saturated heterocycles. The van der Waals surface area contributed by atoms with Crippen molar-refractivity contribution >= 4 is 5.52 Å². The minimum absolute atomic E-state index is 0.729. The third-order valence-electron chi connectivity index (χ3n) is 3.66. The van der Waals surface area contributed by atoms with E-state index in [1.54, 1.807) is 0 Å². The van der Waals surface area contributed by atoms with Gasteiger partial charge in [-0.15, -0.1) is 5.10 Å². The zero-order valence-corrected chi connectivity index (χ0v) is 11.3. The number of rotatable bonds is 6. The fraction of sp³-hybridized carbons (Fsp3) is 0.533. The van der Waals surface area contributed by atoms with Crippen molar-refractivity contribution in [3.05, 3.63) is 30.5 Å². The van der Waals surface area contributed by atoms with Gasteiger partial charge in [0.1, 0.15) is 0 Å². The summed E-state index contributed by atoms with van der Waals surface area (Å²) in [5.41, 5.74) is 1.08. The van der Waals surface area contributed by atoms with Gasteiger partial charge in [0.05, 0.1) is 12.1 Å². The van der Waals surface area contributed by atoms with Crippen molar-refractivity contribution in [1.82, 2.24) is 14.5 Å². The fourth-order valence-electron chi connectivity index (χ4n) is 2.61. The molecular weight excluding hydrogens is 238 g/mol. The summed E-state index contributed by atoms with van der Waals surface area (Å²) in [5, 5.41) is 4.37. The van der Waals surface area contributed by atoms with Gasteiger partial charge in [-0.05, 0) is 57.5 Å². The number of likely N-dealkylation sites (tertiary alicyclic amines) is 1. The summed E-state index contributed by atoms with van der Waals surface area (Å²) in [5.74, 6) is 0.729. The molecule has 1 fully saturated rings. The largest absolute Gasteiger partial charge is 0.477 e. The Morgan fingerprint density at radius 3 is 2.89 bits per heavy atom. The molecule has 0 aliphatic carbocycles. The minimum Gasteiger partial charge on any atom is -0.477 e. The number of fused-ring (bicyclic) bond motifs is 1. The lowest BCUT2D eigenvalue weighted by atomic mass is 10.3. The molecule has 19 heavy (non-hydrogen) atoms. The highest BCUT2D eigenvalue weighted by Crippen LogP contribution is 2.13. The van der Waals surface area contributed by atoms with Gasteiger partial charge in [-0.25, -0.2) is 4.52 Å². The van der Waals surface area contributed by atoms with Crippen molar-refractivity contribution < 1.29 is 4.74 Å². The first-order chi connectivity index (χ1) is 9.42. The molecule has 4 nitrogen and oxygen atoms in total. The molecule has 2 aromatic heterocycles. The monoisotopic (exact) mass is 259 g/mol. The molecule has 3 rings (SSSR count). The Balaban J connectivity index is 1.39. The van der Waals surface area contributed by atoms with Gasteiger partial charge in [-0.1, -0.05) is 6.07 Å². The fourth-order valence-corrected chi connectivity index (χ4v) is 2.61. The van der Waals surface area contributed by atoms with Crippen molar-refractivity contribution in [3.63, 3.8) is 0 Å². The molecular formula is C15H21N3O. The van der Waals surface area contributed by atoms with Crippen molar-refractivity contribution in [1.29, 1.82) is 0 Å². The van der Waals surface area contributed by atoms with Crippen LogP contribution in [0.5, 0.6) is 5.88 Å². The van der Waals surface area contributed by atoms with Crippen LogP contribution in [0.1, 0.15) is 25.7 Å². The van der Waals surface area contributed by atoms with Gasteiger partial charge in [0, 0.05) is 12.3 Å². The van der Waals surface area contributed by atoms with Crippen LogP contribution in [-0.4, -0.2) is 40.8 Å². The lowest BCUT2D eigenvalue weighted by molar-refractivity contribution is 0.272. The van der Waals surface area contributed by atoms with E-state index in [2.05, 4.69) is 10.00 Å². The van der Waals surface area contributed by atoms with E-state index in [0.717, 1.165) is 24.4 Å². The molecule has 0 aromatic carbocycles. The van der Waals surface area contributed by atoms with Crippen molar-refractivity contribution in [2.45, 2.75) is 25.7 Å². The SMILES string of the molecule is c1ccn2nc(OCCCCN3CCCC3)cc2c1. The highest BCUT2D eigenvalue weighted by atomic mass is 16.5. The maximum Gasteiger partial charge on any atom is 0.233 e. The van der Waals surface area contributed by atoms with E-state index in [4.69, 9.17) is 4.74 Å². The number of nitrogens with zero attached hydrogens (tertiary/aromatic N) is 3. The lowest BCUT2D eigenvalue weighted by Crippen LogP contribution is -2.20. The maximum atomic E-state index is 5.71. The molecule has 0 radical (unpaired) electrons. The summed E-state index contributed by atoms with van der Waals surface area (Å²) in [7, 11) is 0. The van der Waals surface area contributed by atoms with Gasteiger partial charge in [-0.3, -0.25) is 0 Å². The average molecular weight is 259 g/mol. The van der Waals surface area contributed by atoms with E-state index in [1.807, 2.05) is 35.0 Å². The zero-order valence-electron chi connectivity index (χ0n) is 11.3. The number of ether oxygens (including phenoxy) is 1. The molecule has 0 saturated carbocycles. The van der Waals surface area contributed by atoms with Gasteiger partial charge >= 0.3 is 0 Å². The van der Waals surface area contributed by atoms with Crippen LogP contribution in [0.4, 0.5) is 0 Å². The van der Waals surface area contributed by atoms with Crippen LogP contribution in [0, 0.1) is 0 Å². The van der Waals surface area contributed by atoms with Crippen LogP contribution >= 0.6 is 0 Å². The number of hydrogen-bond acceptors (Lipinski definition) is 3. The van der Waals surface area contributed by atoms with Gasteiger partial charge < -0.3 is 9.64 Å². The van der Waals surface area contributed by atoms with Gasteiger partial charge in [0.15, 0.2) is 0 Å². The van der Waals surface area contributed by atoms with Crippen LogP contribution in [0.15, 0.2) is 30.5 Å². The predicted molar refractivity (Wildman–Crippen MR) is 75.6 cm³/mol. The van der Waals surface area contributed by atoms with E-state index in [0.29, 0.717) is 0 Å². The summed E-state index contributed by atoms with van der Waals surface area (Å²) >= 11 is 0. The lowest BCUT2D eigenvalue weighted by Gasteiger charge is -2.13. The summed E-state index contributed by atoms with van der Waals surface area (Å²) in [4.78, 5) is 2.55. The third kappa shape index (κ3) is 3.26. The quantitative estimate of drug-likeness (QED) is 0.747. The van der Waals surface area contributed by atoms with Crippen molar-refractivity contribution in [2.24, 2.45) is 0 Å². The molecule has 3 heterocycles. The van der Waals surface area contributed by atoms with E-state index in [-0.39, 0.29) is 0 Å². The van der Waals surface area contributed by atoms with Crippen molar-refractivity contribution in [2.75, 3.05) is 26.2 Å². The molecule has 1 aliphatic rings. The normalized spacial score (nSPS) is 16.2. The number of pyridine rings is 1. The maximum absolute atomic E-state index is 5.71.